The monoisotopic (exact) mass is 85.1 g/mol. The Morgan fingerprint density at radius 1 is 2.00 bits per heavy atom. The smallest absolute Gasteiger partial charge is 0.0997 e. The molecule has 2 N–H and O–H groups in total. The summed E-state index contributed by atoms with van der Waals surface area (Å²) in [7, 11) is 1.64. The van der Waals surface area contributed by atoms with Gasteiger partial charge in [-0.15, -0.1) is 0 Å². The van der Waals surface area contributed by atoms with Crippen LogP contribution in [0.15, 0.2) is 0 Å². The topological polar surface area (TPSA) is 53.0 Å². The molecule has 0 fully saturated rings. The lowest BCUT2D eigenvalue weighted by Gasteiger charge is -1.98. The lowest BCUT2D eigenvalue weighted by molar-refractivity contribution is 0.394. The van der Waals surface area contributed by atoms with E-state index in [1.54, 1.807) is 7.05 Å². The van der Waals surface area contributed by atoms with Crippen molar-refractivity contribution in [2.24, 2.45) is 5.84 Å². The van der Waals surface area contributed by atoms with Crippen molar-refractivity contribution in [3.63, 3.8) is 0 Å². The van der Waals surface area contributed by atoms with Gasteiger partial charge in [-0.3, -0.25) is 5.84 Å². The molecule has 0 saturated heterocycles. The van der Waals surface area contributed by atoms with Gasteiger partial charge in [0.25, 0.3) is 0 Å². The summed E-state index contributed by atoms with van der Waals surface area (Å²) >= 11 is 0. The third-order valence-corrected chi connectivity index (χ3v) is 0.320. The van der Waals surface area contributed by atoms with Crippen LogP contribution in [-0.2, 0) is 0 Å². The van der Waals surface area contributed by atoms with Gasteiger partial charge in [0.1, 0.15) is 0 Å². The molecular formula is C3H7N3. The van der Waals surface area contributed by atoms with Gasteiger partial charge in [-0.05, 0) is 0 Å². The quantitative estimate of drug-likeness (QED) is 0.260. The molecule has 0 saturated carbocycles. The van der Waals surface area contributed by atoms with Gasteiger partial charge < -0.3 is 0 Å². The van der Waals surface area contributed by atoms with Crippen molar-refractivity contribution < 1.29 is 0 Å². The van der Waals surface area contributed by atoms with Crippen molar-refractivity contribution in [3.8, 4) is 6.07 Å². The normalized spacial score (nSPS) is 8.33. The van der Waals surface area contributed by atoms with Gasteiger partial charge in [-0.2, -0.15) is 5.26 Å². The minimum absolute atomic E-state index is 0.292. The molecule has 0 aliphatic carbocycles. The Morgan fingerprint density at radius 2 is 2.50 bits per heavy atom. The predicted molar refractivity (Wildman–Crippen MR) is 22.4 cm³/mol. The first kappa shape index (κ1) is 5.41. The van der Waals surface area contributed by atoms with Gasteiger partial charge in [0.2, 0.25) is 0 Å². The van der Waals surface area contributed by atoms with E-state index in [-0.39, 0.29) is 0 Å². The molecule has 0 aliphatic heterocycles. The molecule has 0 atom stereocenters. The maximum Gasteiger partial charge on any atom is 0.0997 e. The van der Waals surface area contributed by atoms with E-state index in [0.29, 0.717) is 6.54 Å². The van der Waals surface area contributed by atoms with E-state index in [9.17, 15) is 0 Å². The second-order valence-corrected chi connectivity index (χ2v) is 1.07. The number of hydrazine groups is 1. The Hall–Kier alpha value is -0.590. The molecule has 0 bridgehead atoms. The number of rotatable bonds is 1. The Morgan fingerprint density at radius 3 is 2.50 bits per heavy atom. The molecule has 0 rings (SSSR count). The van der Waals surface area contributed by atoms with Crippen molar-refractivity contribution >= 4 is 0 Å². The first-order chi connectivity index (χ1) is 2.77. The maximum absolute atomic E-state index is 7.86. The number of hydrogen-bond acceptors (Lipinski definition) is 3. The van der Waals surface area contributed by atoms with Gasteiger partial charge in [0.05, 0.1) is 12.6 Å². The molecule has 0 spiro atoms. The van der Waals surface area contributed by atoms with Gasteiger partial charge in [0, 0.05) is 7.05 Å². The number of nitrogens with two attached hydrogens (primary N) is 1. The second-order valence-electron chi connectivity index (χ2n) is 1.07. The zero-order chi connectivity index (χ0) is 4.99. The molecule has 3 nitrogen and oxygen atoms in total. The molecule has 0 aromatic rings. The Balaban J connectivity index is 2.88. The van der Waals surface area contributed by atoms with Crippen LogP contribution < -0.4 is 5.84 Å². The highest BCUT2D eigenvalue weighted by molar-refractivity contribution is 4.70. The van der Waals surface area contributed by atoms with Crippen LogP contribution in [0.3, 0.4) is 0 Å². The fraction of sp³-hybridized carbons (Fsp3) is 0.667. The molecule has 3 heteroatoms. The molecule has 34 valence electrons. The van der Waals surface area contributed by atoms with Crippen molar-refractivity contribution in [1.82, 2.24) is 5.01 Å². The summed E-state index contributed by atoms with van der Waals surface area (Å²) in [4.78, 5) is 0. The molecule has 0 amide bonds. The summed E-state index contributed by atoms with van der Waals surface area (Å²) in [5, 5.41) is 9.18. The van der Waals surface area contributed by atoms with Gasteiger partial charge in [-0.1, -0.05) is 0 Å². The number of hydrogen-bond donors (Lipinski definition) is 1. The minimum Gasteiger partial charge on any atom is -0.268 e. The first-order valence-electron chi connectivity index (χ1n) is 1.60. The van der Waals surface area contributed by atoms with Crippen LogP contribution in [0, 0.1) is 11.3 Å². The Kier molecular flexibility index (Phi) is 2.38. The lowest BCUT2D eigenvalue weighted by atomic mass is 10.7. The van der Waals surface area contributed by atoms with Crippen molar-refractivity contribution in [3.05, 3.63) is 0 Å². The maximum atomic E-state index is 7.86. The third kappa shape index (κ3) is 3.41. The second kappa shape index (κ2) is 2.64. The van der Waals surface area contributed by atoms with Crippen LogP contribution in [-0.4, -0.2) is 18.6 Å². The average molecular weight is 85.1 g/mol. The van der Waals surface area contributed by atoms with E-state index in [0.717, 1.165) is 0 Å². The van der Waals surface area contributed by atoms with Gasteiger partial charge in [0.15, 0.2) is 0 Å². The van der Waals surface area contributed by atoms with E-state index in [4.69, 9.17) is 11.1 Å². The van der Waals surface area contributed by atoms with Crippen LogP contribution >= 0.6 is 0 Å². The summed E-state index contributed by atoms with van der Waals surface area (Å²) in [6.45, 7) is 0.292. The Bertz CT molecular complexity index is 60.9. The van der Waals surface area contributed by atoms with Crippen molar-refractivity contribution in [2.45, 2.75) is 0 Å². The molecule has 0 aromatic heterocycles. The fourth-order valence-corrected chi connectivity index (χ4v) is 0.112. The summed E-state index contributed by atoms with van der Waals surface area (Å²) in [5.41, 5.74) is 0. The van der Waals surface area contributed by atoms with Crippen molar-refractivity contribution in [1.29, 1.82) is 5.26 Å². The molecule has 6 heavy (non-hydrogen) atoms. The highest BCUT2D eigenvalue weighted by Gasteiger charge is 1.78. The molecule has 0 heterocycles. The molecule has 0 aliphatic rings. The Labute approximate surface area is 36.9 Å². The highest BCUT2D eigenvalue weighted by atomic mass is 15.4. The minimum atomic E-state index is 0.292. The van der Waals surface area contributed by atoms with Crippen molar-refractivity contribution in [2.75, 3.05) is 13.6 Å². The summed E-state index contributed by atoms with van der Waals surface area (Å²) in [6, 6.07) is 1.87. The van der Waals surface area contributed by atoms with Crippen LogP contribution in [0.1, 0.15) is 0 Å². The number of nitrogens with zero attached hydrogens (tertiary/aromatic N) is 2. The lowest BCUT2D eigenvalue weighted by Crippen LogP contribution is -2.25. The summed E-state index contributed by atoms with van der Waals surface area (Å²) in [5.74, 6) is 5.01. The fourth-order valence-electron chi connectivity index (χ4n) is 0.112. The largest absolute Gasteiger partial charge is 0.268 e. The van der Waals surface area contributed by atoms with Crippen LogP contribution in [0.2, 0.25) is 0 Å². The SMILES string of the molecule is CN(N)CC#N. The van der Waals surface area contributed by atoms with Gasteiger partial charge in [-0.25, -0.2) is 5.01 Å². The predicted octanol–water partition coefficient (Wildman–Crippen LogP) is -0.685. The van der Waals surface area contributed by atoms with E-state index >= 15 is 0 Å². The summed E-state index contributed by atoms with van der Waals surface area (Å²) in [6.07, 6.45) is 0. The number of nitriles is 1. The van der Waals surface area contributed by atoms with E-state index in [1.165, 1.54) is 5.01 Å². The molecular weight excluding hydrogens is 78.1 g/mol. The molecule has 0 radical (unpaired) electrons. The standard InChI is InChI=1S/C3H7N3/c1-6(5)3-2-4/h3,5H2,1H3. The van der Waals surface area contributed by atoms with E-state index < -0.39 is 0 Å². The zero-order valence-corrected chi connectivity index (χ0v) is 3.68. The van der Waals surface area contributed by atoms with Crippen LogP contribution in [0.4, 0.5) is 0 Å². The highest BCUT2D eigenvalue weighted by Crippen LogP contribution is 1.58. The molecule has 0 aromatic carbocycles. The average Bonchev–Trinajstić information content (AvgIpc) is 1.35. The van der Waals surface area contributed by atoms with E-state index in [2.05, 4.69) is 0 Å². The zero-order valence-electron chi connectivity index (χ0n) is 3.68. The first-order valence-corrected chi connectivity index (χ1v) is 1.60. The van der Waals surface area contributed by atoms with E-state index in [1.807, 2.05) is 6.07 Å². The summed E-state index contributed by atoms with van der Waals surface area (Å²) < 4.78 is 0. The van der Waals surface area contributed by atoms with Crippen LogP contribution in [0.25, 0.3) is 0 Å². The van der Waals surface area contributed by atoms with Gasteiger partial charge >= 0.3 is 0 Å². The van der Waals surface area contributed by atoms with Crippen LogP contribution in [0.5, 0.6) is 0 Å². The molecule has 0 unspecified atom stereocenters. The third-order valence-electron chi connectivity index (χ3n) is 0.320.